The molecule has 18 heavy (non-hydrogen) atoms. The average molecular weight is 246 g/mol. The molecule has 0 aliphatic heterocycles. The summed E-state index contributed by atoms with van der Waals surface area (Å²) in [6, 6.07) is 0. The van der Waals surface area contributed by atoms with Crippen LogP contribution in [0.1, 0.15) is 64.7 Å². The normalized spacial score (nSPS) is 12.1. The van der Waals surface area contributed by atoms with Gasteiger partial charge in [0.25, 0.3) is 0 Å². The maximum absolute atomic E-state index is 3.68. The van der Waals surface area contributed by atoms with Crippen LogP contribution in [0.25, 0.3) is 0 Å². The molecule has 0 radical (unpaired) electrons. The van der Waals surface area contributed by atoms with Crippen LogP contribution in [-0.4, -0.2) is 0 Å². The van der Waals surface area contributed by atoms with E-state index >= 15 is 0 Å². The Morgan fingerprint density at radius 1 is 0.667 bits per heavy atom. The maximum atomic E-state index is 3.68. The van der Waals surface area contributed by atoms with E-state index in [1.807, 2.05) is 6.08 Å². The lowest BCUT2D eigenvalue weighted by molar-refractivity contribution is 0.637. The molecular formula is C18H30. The van der Waals surface area contributed by atoms with E-state index in [4.69, 9.17) is 0 Å². The third-order valence-electron chi connectivity index (χ3n) is 2.82. The van der Waals surface area contributed by atoms with Crippen LogP contribution in [0.15, 0.2) is 49.1 Å². The van der Waals surface area contributed by atoms with Crippen molar-refractivity contribution in [2.75, 3.05) is 0 Å². The fourth-order valence-corrected chi connectivity index (χ4v) is 1.72. The Labute approximate surface area is 114 Å². The van der Waals surface area contributed by atoms with Gasteiger partial charge >= 0.3 is 0 Å². The molecule has 0 saturated heterocycles. The van der Waals surface area contributed by atoms with Gasteiger partial charge in [-0.05, 0) is 32.1 Å². The molecule has 0 N–H and O–H groups in total. The van der Waals surface area contributed by atoms with Crippen molar-refractivity contribution in [1.29, 1.82) is 0 Å². The zero-order chi connectivity index (χ0) is 13.3. The van der Waals surface area contributed by atoms with E-state index in [0.29, 0.717) is 0 Å². The summed E-state index contributed by atoms with van der Waals surface area (Å²) in [5.74, 6) is 0. The largest absolute Gasteiger partial charge is 0.103 e. The molecule has 0 aromatic heterocycles. The molecule has 0 bridgehead atoms. The fraction of sp³-hybridized carbons (Fsp3) is 0.556. The lowest BCUT2D eigenvalue weighted by atomic mass is 10.1. The molecule has 0 nitrogen and oxygen atoms in total. The van der Waals surface area contributed by atoms with Crippen LogP contribution in [0, 0.1) is 0 Å². The van der Waals surface area contributed by atoms with Crippen LogP contribution >= 0.6 is 0 Å². The number of allylic oxidation sites excluding steroid dienone is 7. The van der Waals surface area contributed by atoms with Crippen molar-refractivity contribution in [3.05, 3.63) is 49.1 Å². The predicted molar refractivity (Wildman–Crippen MR) is 84.8 cm³/mol. The Morgan fingerprint density at radius 3 is 1.83 bits per heavy atom. The average Bonchev–Trinajstić information content (AvgIpc) is 2.39. The zero-order valence-electron chi connectivity index (χ0n) is 12.1. The molecule has 0 fully saturated rings. The smallest absolute Gasteiger partial charge is 0.0169 e. The molecule has 0 rings (SSSR count). The molecule has 0 spiro atoms. The second-order valence-electron chi connectivity index (χ2n) is 4.61. The van der Waals surface area contributed by atoms with Crippen molar-refractivity contribution < 1.29 is 0 Å². The van der Waals surface area contributed by atoms with Crippen LogP contribution in [-0.2, 0) is 0 Å². The van der Waals surface area contributed by atoms with Gasteiger partial charge in [0, 0.05) is 0 Å². The lowest BCUT2D eigenvalue weighted by Gasteiger charge is -1.95. The van der Waals surface area contributed by atoms with Gasteiger partial charge in [0.15, 0.2) is 0 Å². The van der Waals surface area contributed by atoms with Crippen LogP contribution < -0.4 is 0 Å². The van der Waals surface area contributed by atoms with E-state index in [0.717, 1.165) is 19.3 Å². The molecule has 0 aromatic rings. The highest BCUT2D eigenvalue weighted by molar-refractivity contribution is 4.98. The molecule has 102 valence electrons. The van der Waals surface area contributed by atoms with E-state index in [1.165, 1.54) is 38.5 Å². The van der Waals surface area contributed by atoms with Gasteiger partial charge in [-0.1, -0.05) is 75.1 Å². The SMILES string of the molecule is C=CC/C=C\C/C=C\C/C=C\CCCCCCC. The van der Waals surface area contributed by atoms with Crippen LogP contribution in [0.3, 0.4) is 0 Å². The first kappa shape index (κ1) is 17.0. The van der Waals surface area contributed by atoms with E-state index in [2.05, 4.69) is 50.0 Å². The van der Waals surface area contributed by atoms with Gasteiger partial charge < -0.3 is 0 Å². The summed E-state index contributed by atoms with van der Waals surface area (Å²) in [5, 5.41) is 0. The molecule has 0 atom stereocenters. The number of rotatable bonds is 12. The summed E-state index contributed by atoms with van der Waals surface area (Å²) in [7, 11) is 0. The van der Waals surface area contributed by atoms with Crippen molar-refractivity contribution in [2.45, 2.75) is 64.7 Å². The summed E-state index contributed by atoms with van der Waals surface area (Å²) >= 11 is 0. The van der Waals surface area contributed by atoms with Gasteiger partial charge in [0.05, 0.1) is 0 Å². The summed E-state index contributed by atoms with van der Waals surface area (Å²) in [5.41, 5.74) is 0. The molecule has 0 aliphatic rings. The van der Waals surface area contributed by atoms with Crippen LogP contribution in [0.4, 0.5) is 0 Å². The minimum absolute atomic E-state index is 0.978. The van der Waals surface area contributed by atoms with Gasteiger partial charge in [-0.3, -0.25) is 0 Å². The Hall–Kier alpha value is -1.04. The summed E-state index contributed by atoms with van der Waals surface area (Å²) in [4.78, 5) is 0. The predicted octanol–water partition coefficient (Wildman–Crippen LogP) is 6.37. The Morgan fingerprint density at radius 2 is 1.22 bits per heavy atom. The zero-order valence-corrected chi connectivity index (χ0v) is 12.1. The Balaban J connectivity index is 3.26. The summed E-state index contributed by atoms with van der Waals surface area (Å²) in [6.07, 6.45) is 26.6. The Bertz CT molecular complexity index is 243. The lowest BCUT2D eigenvalue weighted by Crippen LogP contribution is -1.75. The Kier molecular flexibility index (Phi) is 15.0. The molecule has 0 aromatic carbocycles. The van der Waals surface area contributed by atoms with Gasteiger partial charge in [-0.15, -0.1) is 6.58 Å². The van der Waals surface area contributed by atoms with E-state index in [1.54, 1.807) is 0 Å². The molecule has 0 amide bonds. The van der Waals surface area contributed by atoms with Gasteiger partial charge in [0.1, 0.15) is 0 Å². The number of unbranched alkanes of at least 4 members (excludes halogenated alkanes) is 5. The molecule has 0 heterocycles. The quantitative estimate of drug-likeness (QED) is 0.277. The van der Waals surface area contributed by atoms with E-state index in [9.17, 15) is 0 Å². The van der Waals surface area contributed by atoms with Crippen LogP contribution in [0.5, 0.6) is 0 Å². The van der Waals surface area contributed by atoms with Crippen molar-refractivity contribution >= 4 is 0 Å². The van der Waals surface area contributed by atoms with Crippen molar-refractivity contribution in [2.24, 2.45) is 0 Å². The highest BCUT2D eigenvalue weighted by atomic mass is 13.9. The van der Waals surface area contributed by atoms with E-state index < -0.39 is 0 Å². The minimum atomic E-state index is 0.978. The van der Waals surface area contributed by atoms with Gasteiger partial charge in [-0.2, -0.15) is 0 Å². The highest BCUT2D eigenvalue weighted by Crippen LogP contribution is 2.05. The molecule has 0 unspecified atom stereocenters. The fourth-order valence-electron chi connectivity index (χ4n) is 1.72. The van der Waals surface area contributed by atoms with Gasteiger partial charge in [-0.25, -0.2) is 0 Å². The third-order valence-corrected chi connectivity index (χ3v) is 2.82. The maximum Gasteiger partial charge on any atom is -0.0169 e. The molecular weight excluding hydrogens is 216 g/mol. The first-order valence-corrected chi connectivity index (χ1v) is 7.47. The van der Waals surface area contributed by atoms with Crippen LogP contribution in [0.2, 0.25) is 0 Å². The minimum Gasteiger partial charge on any atom is -0.103 e. The molecule has 0 aliphatic carbocycles. The van der Waals surface area contributed by atoms with Crippen molar-refractivity contribution in [3.8, 4) is 0 Å². The van der Waals surface area contributed by atoms with Crippen molar-refractivity contribution in [1.82, 2.24) is 0 Å². The second-order valence-corrected chi connectivity index (χ2v) is 4.61. The monoisotopic (exact) mass is 246 g/mol. The van der Waals surface area contributed by atoms with E-state index in [-0.39, 0.29) is 0 Å². The third kappa shape index (κ3) is 15.0. The topological polar surface area (TPSA) is 0 Å². The summed E-state index contributed by atoms with van der Waals surface area (Å²) < 4.78 is 0. The second kappa shape index (κ2) is 16.0. The highest BCUT2D eigenvalue weighted by Gasteiger charge is 1.85. The molecule has 0 saturated carbocycles. The number of hydrogen-bond donors (Lipinski definition) is 0. The molecule has 0 heteroatoms. The standard InChI is InChI=1S/C18H30/c1-3-5-7-9-11-13-15-17-18-16-14-12-10-8-6-4-2/h3,7,9,13,15-16,18H,1,4-6,8,10-12,14,17H2,2H3/b9-7-,15-13-,18-16-. The van der Waals surface area contributed by atoms with Gasteiger partial charge in [0.2, 0.25) is 0 Å². The van der Waals surface area contributed by atoms with Crippen molar-refractivity contribution in [3.63, 3.8) is 0 Å². The first-order chi connectivity index (χ1) is 8.91. The number of hydrogen-bond acceptors (Lipinski definition) is 0. The first-order valence-electron chi connectivity index (χ1n) is 7.47. The summed E-state index contributed by atoms with van der Waals surface area (Å²) in [6.45, 7) is 5.94.